The van der Waals surface area contributed by atoms with E-state index in [9.17, 15) is 13.4 Å². The van der Waals surface area contributed by atoms with Gasteiger partial charge >= 0.3 is 6.03 Å². The molecule has 29 heavy (non-hydrogen) atoms. The first kappa shape index (κ1) is 19.1. The van der Waals surface area contributed by atoms with Crippen molar-refractivity contribution in [3.8, 4) is 11.1 Å². The van der Waals surface area contributed by atoms with E-state index in [1.807, 2.05) is 0 Å². The summed E-state index contributed by atoms with van der Waals surface area (Å²) in [6, 6.07) is 2.40. The summed E-state index contributed by atoms with van der Waals surface area (Å²) >= 11 is 0. The number of nitrogens with one attached hydrogen (secondary N) is 1. The molecule has 3 aromatic heterocycles. The number of anilines is 1. The monoisotopic (exact) mass is 411 g/mol. The third kappa shape index (κ3) is 3.83. The SMILES string of the molecule is Cc1cc(C)nc([S-](=O)=NC(=O)Nc2c(-c3ccncc3F)cnc3c2CC3)n1. The van der Waals surface area contributed by atoms with Gasteiger partial charge in [0.2, 0.25) is 0 Å². The summed E-state index contributed by atoms with van der Waals surface area (Å²) in [4.78, 5) is 28.7. The molecule has 0 bridgehead atoms. The minimum absolute atomic E-state index is 0.0409. The van der Waals surface area contributed by atoms with Gasteiger partial charge in [-0.25, -0.2) is 9.18 Å². The lowest BCUT2D eigenvalue weighted by atomic mass is 9.89. The van der Waals surface area contributed by atoms with Crippen LogP contribution in [-0.2, 0) is 27.6 Å². The van der Waals surface area contributed by atoms with Crippen molar-refractivity contribution >= 4 is 22.3 Å². The molecule has 0 saturated heterocycles. The number of hydrogen-bond donors (Lipinski definition) is 1. The third-order valence-corrected chi connectivity index (χ3v) is 5.29. The Morgan fingerprint density at radius 2 is 1.93 bits per heavy atom. The van der Waals surface area contributed by atoms with Gasteiger partial charge in [0.15, 0.2) is 0 Å². The summed E-state index contributed by atoms with van der Waals surface area (Å²) in [5.41, 5.74) is 3.99. The lowest BCUT2D eigenvalue weighted by Gasteiger charge is -2.24. The van der Waals surface area contributed by atoms with Crippen LogP contribution in [0.2, 0.25) is 0 Å². The fraction of sp³-hybridized carbons (Fsp3) is 0.211. The Bertz CT molecular complexity index is 1200. The van der Waals surface area contributed by atoms with Crippen LogP contribution in [0.3, 0.4) is 0 Å². The first-order valence-corrected chi connectivity index (χ1v) is 9.90. The summed E-state index contributed by atoms with van der Waals surface area (Å²) in [5, 5.41) is 2.60. The Morgan fingerprint density at radius 1 is 1.17 bits per heavy atom. The van der Waals surface area contributed by atoms with E-state index < -0.39 is 22.4 Å². The zero-order valence-electron chi connectivity index (χ0n) is 15.6. The number of nitrogens with zero attached hydrogens (tertiary/aromatic N) is 5. The van der Waals surface area contributed by atoms with Crippen molar-refractivity contribution in [2.45, 2.75) is 31.8 Å². The molecule has 1 aliphatic carbocycles. The minimum atomic E-state index is -2.07. The maximum absolute atomic E-state index is 14.3. The second-order valence-electron chi connectivity index (χ2n) is 6.53. The molecular weight excluding hydrogens is 395 g/mol. The number of urea groups is 1. The van der Waals surface area contributed by atoms with Crippen LogP contribution in [0.25, 0.3) is 11.1 Å². The molecule has 0 fully saturated rings. The Labute approximate surface area is 167 Å². The highest BCUT2D eigenvalue weighted by Crippen LogP contribution is 2.37. The van der Waals surface area contributed by atoms with E-state index in [2.05, 4.69) is 29.6 Å². The topological polar surface area (TPSA) is 110 Å². The number of halogens is 1. The normalized spacial score (nSPS) is 13.5. The highest BCUT2D eigenvalue weighted by atomic mass is 32.2. The van der Waals surface area contributed by atoms with Crippen LogP contribution in [-0.4, -0.2) is 26.0 Å². The molecular formula is C19H16FN6O2S-. The molecule has 0 spiro atoms. The second-order valence-corrected chi connectivity index (χ2v) is 7.58. The first-order valence-electron chi connectivity index (χ1n) is 8.80. The van der Waals surface area contributed by atoms with Crippen molar-refractivity contribution in [2.24, 2.45) is 4.36 Å². The molecule has 148 valence electrons. The molecule has 2 amide bonds. The summed E-state index contributed by atoms with van der Waals surface area (Å²) in [6.45, 7) is 3.48. The maximum atomic E-state index is 14.3. The lowest BCUT2D eigenvalue weighted by Crippen LogP contribution is -2.18. The van der Waals surface area contributed by atoms with Gasteiger partial charge in [-0.05, 0) is 44.4 Å². The first-order chi connectivity index (χ1) is 13.9. The molecule has 3 heterocycles. The molecule has 0 aromatic carbocycles. The minimum Gasteiger partial charge on any atom is -0.437 e. The van der Waals surface area contributed by atoms with Crippen molar-refractivity contribution < 1.29 is 13.4 Å². The molecule has 1 aliphatic rings. The largest absolute Gasteiger partial charge is 0.437 e. The number of carbonyl (C=O) groups is 1. The number of pyridine rings is 2. The summed E-state index contributed by atoms with van der Waals surface area (Å²) < 4.78 is 30.3. The smallest absolute Gasteiger partial charge is 0.322 e. The van der Waals surface area contributed by atoms with Crippen molar-refractivity contribution in [3.63, 3.8) is 0 Å². The Morgan fingerprint density at radius 3 is 2.59 bits per heavy atom. The molecule has 10 heteroatoms. The quantitative estimate of drug-likeness (QED) is 0.521. The molecule has 0 atom stereocenters. The number of rotatable bonds is 3. The number of aryl methyl sites for hydroxylation is 3. The van der Waals surface area contributed by atoms with E-state index >= 15 is 0 Å². The van der Waals surface area contributed by atoms with E-state index in [4.69, 9.17) is 0 Å². The van der Waals surface area contributed by atoms with Crippen LogP contribution in [0.4, 0.5) is 14.9 Å². The molecule has 0 saturated carbocycles. The van der Waals surface area contributed by atoms with Gasteiger partial charge in [-0.15, -0.1) is 10.6 Å². The van der Waals surface area contributed by atoms with Gasteiger partial charge in [-0.2, -0.15) is 0 Å². The zero-order valence-corrected chi connectivity index (χ0v) is 16.5. The van der Waals surface area contributed by atoms with E-state index in [1.165, 1.54) is 18.5 Å². The van der Waals surface area contributed by atoms with Crippen LogP contribution in [0, 0.1) is 19.7 Å². The zero-order chi connectivity index (χ0) is 20.5. The fourth-order valence-electron chi connectivity index (χ4n) is 3.10. The van der Waals surface area contributed by atoms with Gasteiger partial charge in [0.25, 0.3) is 0 Å². The Balaban J connectivity index is 1.69. The van der Waals surface area contributed by atoms with Crippen LogP contribution in [0.15, 0.2) is 40.2 Å². The molecule has 0 radical (unpaired) electrons. The van der Waals surface area contributed by atoms with Gasteiger partial charge in [0, 0.05) is 40.6 Å². The average Bonchev–Trinajstić information content (AvgIpc) is 2.63. The Kier molecular flexibility index (Phi) is 5.01. The molecule has 1 N–H and O–H groups in total. The lowest BCUT2D eigenvalue weighted by molar-refractivity contribution is 0.260. The highest BCUT2D eigenvalue weighted by molar-refractivity contribution is 7.75. The molecule has 0 unspecified atom stereocenters. The summed E-state index contributed by atoms with van der Waals surface area (Å²) in [5.74, 6) is -0.534. The van der Waals surface area contributed by atoms with Crippen LogP contribution in [0.1, 0.15) is 22.6 Å². The number of carbonyl (C=O) groups excluding carboxylic acids is 1. The molecule has 8 nitrogen and oxygen atoms in total. The van der Waals surface area contributed by atoms with E-state index in [0.29, 0.717) is 29.1 Å². The highest BCUT2D eigenvalue weighted by Gasteiger charge is 2.24. The van der Waals surface area contributed by atoms with Crippen molar-refractivity contribution in [3.05, 3.63) is 59.2 Å². The standard InChI is InChI=1S/C19H16FN6O2S/c1-10-7-11(2)24-19(23-10)29(28)26-18(27)25-17-13-3-4-16(13)22-8-14(17)12-5-6-21-9-15(12)20/h5-9H,3-4H2,1-2H3,(H,22,25,27)/q-1. The van der Waals surface area contributed by atoms with Crippen LogP contribution in [0.5, 0.6) is 0 Å². The van der Waals surface area contributed by atoms with Gasteiger partial charge in [0.05, 0.1) is 17.0 Å². The average molecular weight is 411 g/mol. The van der Waals surface area contributed by atoms with Gasteiger partial charge in [-0.3, -0.25) is 19.9 Å². The molecule has 3 aromatic rings. The van der Waals surface area contributed by atoms with Crippen molar-refractivity contribution in [2.75, 3.05) is 5.32 Å². The van der Waals surface area contributed by atoms with Crippen LogP contribution < -0.4 is 5.32 Å². The van der Waals surface area contributed by atoms with E-state index in [1.54, 1.807) is 19.9 Å². The summed E-state index contributed by atoms with van der Waals surface area (Å²) in [7, 11) is -2.07. The molecule has 4 rings (SSSR count). The maximum Gasteiger partial charge on any atom is 0.322 e. The number of hydrogen-bond acceptors (Lipinski definition) is 7. The van der Waals surface area contributed by atoms with Gasteiger partial charge in [-0.1, -0.05) is 0 Å². The van der Waals surface area contributed by atoms with Crippen molar-refractivity contribution in [1.29, 1.82) is 0 Å². The number of fused-ring (bicyclic) bond motifs is 1. The van der Waals surface area contributed by atoms with Crippen molar-refractivity contribution in [1.82, 2.24) is 19.9 Å². The van der Waals surface area contributed by atoms with Gasteiger partial charge < -0.3 is 13.9 Å². The predicted octanol–water partition coefficient (Wildman–Crippen LogP) is 3.53. The van der Waals surface area contributed by atoms with E-state index in [-0.39, 0.29) is 10.7 Å². The van der Waals surface area contributed by atoms with Gasteiger partial charge in [0.1, 0.15) is 5.82 Å². The predicted molar refractivity (Wildman–Crippen MR) is 104 cm³/mol. The third-order valence-electron chi connectivity index (χ3n) is 4.46. The number of amides is 2. The van der Waals surface area contributed by atoms with Crippen LogP contribution >= 0.6 is 0 Å². The Hall–Kier alpha value is -3.27. The van der Waals surface area contributed by atoms with E-state index in [0.717, 1.165) is 23.9 Å². The summed E-state index contributed by atoms with van der Waals surface area (Å²) in [6.07, 6.45) is 5.53. The number of aromatic nitrogens is 4. The second kappa shape index (κ2) is 7.63. The fourth-order valence-corrected chi connectivity index (χ4v) is 3.82. The molecule has 0 aliphatic heterocycles.